The summed E-state index contributed by atoms with van der Waals surface area (Å²) in [5.41, 5.74) is 11.5. The van der Waals surface area contributed by atoms with E-state index in [9.17, 15) is 0 Å². The highest BCUT2D eigenvalue weighted by Gasteiger charge is 2.13. The molecule has 1 heterocycles. The molecule has 0 bridgehead atoms. The summed E-state index contributed by atoms with van der Waals surface area (Å²) >= 11 is 0. The predicted octanol–water partition coefficient (Wildman–Crippen LogP) is 8.73. The van der Waals surface area contributed by atoms with Crippen LogP contribution >= 0.6 is 0 Å². The van der Waals surface area contributed by atoms with Crippen LogP contribution in [0.2, 0.25) is 0 Å². The van der Waals surface area contributed by atoms with Gasteiger partial charge in [-0.2, -0.15) is 0 Å². The van der Waals surface area contributed by atoms with E-state index in [0.29, 0.717) is 0 Å². The maximum absolute atomic E-state index is 4.89. The molecular weight excluding hydrogens is 532 g/mol. The van der Waals surface area contributed by atoms with Crippen molar-refractivity contribution in [1.29, 1.82) is 0 Å². The van der Waals surface area contributed by atoms with Crippen LogP contribution < -0.4 is 10.4 Å². The van der Waals surface area contributed by atoms with Crippen LogP contribution in [0.3, 0.4) is 0 Å². The van der Waals surface area contributed by atoms with E-state index < -0.39 is 0 Å². The average molecular weight is 567 g/mol. The fourth-order valence-corrected chi connectivity index (χ4v) is 6.25. The van der Waals surface area contributed by atoms with Crippen molar-refractivity contribution < 1.29 is 0 Å². The van der Waals surface area contributed by atoms with Crippen molar-refractivity contribution in [1.82, 2.24) is 9.55 Å². The van der Waals surface area contributed by atoms with E-state index in [0.717, 1.165) is 52.1 Å². The van der Waals surface area contributed by atoms with E-state index in [-0.39, 0.29) is 0 Å². The minimum atomic E-state index is 0.821. The first-order valence-corrected chi connectivity index (χ1v) is 15.3. The number of nitrogens with zero attached hydrogens (tertiary/aromatic N) is 2. The summed E-state index contributed by atoms with van der Waals surface area (Å²) in [5.74, 6) is 1.07. The molecule has 2 nitrogen and oxygen atoms in total. The first-order chi connectivity index (χ1) is 21.7. The number of fused-ring (bicyclic) bond motifs is 2. The summed E-state index contributed by atoms with van der Waals surface area (Å²) in [6, 6.07) is 45.5. The molecule has 0 aliphatic heterocycles. The van der Waals surface area contributed by atoms with Crippen molar-refractivity contribution in [3.63, 3.8) is 0 Å². The smallest absolute Gasteiger partial charge is 0.114 e. The van der Waals surface area contributed by atoms with Crippen LogP contribution in [0, 0.1) is 0 Å². The average Bonchev–Trinajstić information content (AvgIpc) is 3.46. The van der Waals surface area contributed by atoms with E-state index in [2.05, 4.69) is 170 Å². The summed E-state index contributed by atoms with van der Waals surface area (Å²) in [4.78, 5) is 4.89. The van der Waals surface area contributed by atoms with E-state index >= 15 is 0 Å². The van der Waals surface area contributed by atoms with Gasteiger partial charge in [-0.3, -0.25) is 4.57 Å². The SMILES string of the molecule is C=C1/C=C\C=C/C/C(c2ccc(-n3c(CC)nc4ccccc43)cc2)=c2/ccccc2=C1c1ccc(-c2ccccc2)cc1. The molecule has 2 heteroatoms. The Kier molecular flexibility index (Phi) is 7.48. The topological polar surface area (TPSA) is 17.8 Å². The lowest BCUT2D eigenvalue weighted by atomic mass is 9.90. The standard InChI is InChI=1S/C42H34N2/c1-3-41-43-39-20-12-13-21-40(39)44(41)35-28-26-33(27-29-35)36-17-9-4-6-14-30(2)42(38-19-11-10-18-37(36)38)34-24-22-32(23-25-34)31-15-7-5-8-16-31/h4-16,18-29H,2-3,17H2,1H3/b9-4-,14-6-,37-36+,42-38?. The third-order valence-corrected chi connectivity index (χ3v) is 8.41. The summed E-state index contributed by atoms with van der Waals surface area (Å²) in [7, 11) is 0. The zero-order chi connectivity index (χ0) is 29.9. The number of imidazole rings is 1. The monoisotopic (exact) mass is 566 g/mol. The van der Waals surface area contributed by atoms with Gasteiger partial charge in [0.05, 0.1) is 11.0 Å². The van der Waals surface area contributed by atoms with Gasteiger partial charge in [-0.1, -0.05) is 141 Å². The second-order valence-electron chi connectivity index (χ2n) is 11.1. The Morgan fingerprint density at radius 3 is 2.05 bits per heavy atom. The second kappa shape index (κ2) is 12.0. The normalized spacial score (nSPS) is 16.0. The van der Waals surface area contributed by atoms with Gasteiger partial charge in [0.25, 0.3) is 0 Å². The molecule has 7 rings (SSSR count). The molecule has 0 radical (unpaired) electrons. The maximum Gasteiger partial charge on any atom is 0.114 e. The zero-order valence-corrected chi connectivity index (χ0v) is 24.9. The Balaban J connectivity index is 1.40. The molecule has 1 aromatic heterocycles. The molecule has 1 aliphatic rings. The van der Waals surface area contributed by atoms with Crippen LogP contribution in [0.15, 0.2) is 164 Å². The van der Waals surface area contributed by atoms with Gasteiger partial charge in [0.1, 0.15) is 5.82 Å². The highest BCUT2D eigenvalue weighted by atomic mass is 15.1. The molecule has 6 aromatic rings. The predicted molar refractivity (Wildman–Crippen MR) is 185 cm³/mol. The summed E-state index contributed by atoms with van der Waals surface area (Å²) < 4.78 is 2.28. The molecule has 1 aliphatic carbocycles. The van der Waals surface area contributed by atoms with Gasteiger partial charge in [0.15, 0.2) is 0 Å². The van der Waals surface area contributed by atoms with Gasteiger partial charge in [0, 0.05) is 12.1 Å². The molecular formula is C42H34N2. The van der Waals surface area contributed by atoms with Crippen LogP contribution in [0.4, 0.5) is 0 Å². The molecule has 0 saturated carbocycles. The van der Waals surface area contributed by atoms with Gasteiger partial charge in [-0.25, -0.2) is 4.98 Å². The molecule has 5 aromatic carbocycles. The summed E-state index contributed by atoms with van der Waals surface area (Å²) in [5, 5.41) is 2.42. The number of benzene rings is 5. The largest absolute Gasteiger partial charge is 0.296 e. The number of para-hydroxylation sites is 2. The number of aromatic nitrogens is 2. The Morgan fingerprint density at radius 1 is 0.636 bits per heavy atom. The molecule has 0 atom stereocenters. The van der Waals surface area contributed by atoms with Crippen molar-refractivity contribution >= 4 is 22.2 Å². The molecule has 0 N–H and O–H groups in total. The highest BCUT2D eigenvalue weighted by Crippen LogP contribution is 2.27. The van der Waals surface area contributed by atoms with Crippen LogP contribution in [-0.2, 0) is 6.42 Å². The molecule has 0 unspecified atom stereocenters. The Labute approximate surface area is 259 Å². The van der Waals surface area contributed by atoms with Gasteiger partial charge in [0.2, 0.25) is 0 Å². The molecule has 0 spiro atoms. The number of rotatable bonds is 5. The first kappa shape index (κ1) is 27.4. The Bertz CT molecular complexity index is 2160. The van der Waals surface area contributed by atoms with Crippen LogP contribution in [0.25, 0.3) is 39.0 Å². The van der Waals surface area contributed by atoms with E-state index in [1.165, 1.54) is 32.7 Å². The third kappa shape index (κ3) is 5.16. The Hall–Kier alpha value is -5.47. The summed E-state index contributed by atoms with van der Waals surface area (Å²) in [6.45, 7) is 6.69. The Morgan fingerprint density at radius 2 is 1.27 bits per heavy atom. The minimum Gasteiger partial charge on any atom is -0.296 e. The number of allylic oxidation sites excluding steroid dienone is 5. The number of hydrogen-bond donors (Lipinski definition) is 0. The molecule has 0 saturated heterocycles. The van der Waals surface area contributed by atoms with Gasteiger partial charge in [-0.05, 0) is 80.1 Å². The van der Waals surface area contributed by atoms with Gasteiger partial charge >= 0.3 is 0 Å². The fourth-order valence-electron chi connectivity index (χ4n) is 6.25. The number of hydrogen-bond acceptors (Lipinski definition) is 1. The highest BCUT2D eigenvalue weighted by molar-refractivity contribution is 5.83. The summed E-state index contributed by atoms with van der Waals surface area (Å²) in [6.07, 6.45) is 10.3. The van der Waals surface area contributed by atoms with Crippen molar-refractivity contribution in [3.05, 3.63) is 191 Å². The molecule has 212 valence electrons. The van der Waals surface area contributed by atoms with Crippen molar-refractivity contribution in [2.24, 2.45) is 0 Å². The molecule has 44 heavy (non-hydrogen) atoms. The van der Waals surface area contributed by atoms with Crippen LogP contribution in [0.1, 0.15) is 30.3 Å². The lowest BCUT2D eigenvalue weighted by Gasteiger charge is -2.14. The van der Waals surface area contributed by atoms with Crippen LogP contribution in [-0.4, -0.2) is 9.55 Å². The van der Waals surface area contributed by atoms with Crippen LogP contribution in [0.5, 0.6) is 0 Å². The number of aryl methyl sites for hydroxylation is 1. The van der Waals surface area contributed by atoms with E-state index in [1.807, 2.05) is 0 Å². The second-order valence-corrected chi connectivity index (χ2v) is 11.1. The van der Waals surface area contributed by atoms with Crippen molar-refractivity contribution in [2.45, 2.75) is 19.8 Å². The molecule has 0 amide bonds. The maximum atomic E-state index is 4.89. The third-order valence-electron chi connectivity index (χ3n) is 8.41. The van der Waals surface area contributed by atoms with Gasteiger partial charge < -0.3 is 0 Å². The van der Waals surface area contributed by atoms with E-state index in [1.54, 1.807) is 0 Å². The minimum absolute atomic E-state index is 0.821. The lowest BCUT2D eigenvalue weighted by molar-refractivity contribution is 0.908. The first-order valence-electron chi connectivity index (χ1n) is 15.3. The quantitative estimate of drug-likeness (QED) is 0.204. The fraction of sp³-hybridized carbons (Fsp3) is 0.0714. The molecule has 0 fully saturated rings. The van der Waals surface area contributed by atoms with Gasteiger partial charge in [-0.15, -0.1) is 0 Å². The van der Waals surface area contributed by atoms with Crippen molar-refractivity contribution in [2.75, 3.05) is 0 Å². The van der Waals surface area contributed by atoms with Crippen molar-refractivity contribution in [3.8, 4) is 16.8 Å². The van der Waals surface area contributed by atoms with E-state index in [4.69, 9.17) is 4.98 Å². The zero-order valence-electron chi connectivity index (χ0n) is 24.9. The lowest BCUT2D eigenvalue weighted by Crippen LogP contribution is -2.30.